The van der Waals surface area contributed by atoms with Crippen molar-refractivity contribution in [1.82, 2.24) is 15.0 Å². The van der Waals surface area contributed by atoms with E-state index in [1.807, 2.05) is 26.0 Å². The van der Waals surface area contributed by atoms with Gasteiger partial charge < -0.3 is 9.47 Å². The maximum absolute atomic E-state index is 12.7. The zero-order valence-electron chi connectivity index (χ0n) is 18.1. The van der Waals surface area contributed by atoms with Crippen LogP contribution in [-0.2, 0) is 11.3 Å². The van der Waals surface area contributed by atoms with Gasteiger partial charge in [-0.3, -0.25) is 14.2 Å². The first kappa shape index (κ1) is 22.5. The second-order valence-electron chi connectivity index (χ2n) is 7.05. The molecule has 0 unspecified atom stereocenters. The molecule has 31 heavy (non-hydrogen) atoms. The summed E-state index contributed by atoms with van der Waals surface area (Å²) >= 11 is 1.47. The Morgan fingerprint density at radius 2 is 2.13 bits per heavy atom. The summed E-state index contributed by atoms with van der Waals surface area (Å²) in [5.74, 6) is 0.840. The number of thiophene rings is 1. The minimum Gasteiger partial charge on any atom is -0.493 e. The van der Waals surface area contributed by atoms with Gasteiger partial charge in [0.15, 0.2) is 11.5 Å². The predicted octanol–water partition coefficient (Wildman–Crippen LogP) is 3.41. The molecule has 3 rings (SSSR count). The molecular weight excluding hydrogens is 416 g/mol. The van der Waals surface area contributed by atoms with Crippen molar-refractivity contribution in [2.45, 2.75) is 40.2 Å². The highest BCUT2D eigenvalue weighted by atomic mass is 32.1. The summed E-state index contributed by atoms with van der Waals surface area (Å²) in [6, 6.07) is 5.41. The summed E-state index contributed by atoms with van der Waals surface area (Å²) in [5, 5.41) is 4.54. The van der Waals surface area contributed by atoms with E-state index < -0.39 is 5.91 Å². The molecule has 8 nitrogen and oxygen atoms in total. The molecule has 0 bridgehead atoms. The number of hydrogen-bond acceptors (Lipinski definition) is 7. The van der Waals surface area contributed by atoms with E-state index in [9.17, 15) is 9.59 Å². The number of benzene rings is 1. The van der Waals surface area contributed by atoms with Crippen LogP contribution in [0.15, 0.2) is 34.4 Å². The van der Waals surface area contributed by atoms with Gasteiger partial charge in [0.25, 0.3) is 11.5 Å². The molecule has 1 N–H and O–H groups in total. The largest absolute Gasteiger partial charge is 0.493 e. The average molecular weight is 443 g/mol. The summed E-state index contributed by atoms with van der Waals surface area (Å²) < 4.78 is 12.4. The van der Waals surface area contributed by atoms with Crippen molar-refractivity contribution in [3.8, 4) is 11.5 Å². The number of ether oxygens (including phenoxy) is 2. The van der Waals surface area contributed by atoms with Crippen LogP contribution in [0.4, 0.5) is 0 Å². The summed E-state index contributed by atoms with van der Waals surface area (Å²) in [7, 11) is 1.57. The fraction of sp³-hybridized carbons (Fsp3) is 0.364. The third-order valence-electron chi connectivity index (χ3n) is 4.82. The number of methoxy groups -OCH3 is 1. The Morgan fingerprint density at radius 3 is 2.87 bits per heavy atom. The van der Waals surface area contributed by atoms with Crippen LogP contribution in [0.2, 0.25) is 0 Å². The van der Waals surface area contributed by atoms with Crippen molar-refractivity contribution in [3.05, 3.63) is 50.9 Å². The molecule has 0 aliphatic rings. The zero-order valence-corrected chi connectivity index (χ0v) is 18.9. The van der Waals surface area contributed by atoms with Gasteiger partial charge in [0.2, 0.25) is 0 Å². The standard InChI is InChI=1S/C22H26N4O4S/c1-5-6-9-30-17-8-7-16(10-18(17)29-4)11-24-25-19(27)12-26-13-23-21-20(22(26)28)14(2)15(3)31-21/h7-8,10-11,13H,5-6,9,12H2,1-4H3,(H,25,27). The van der Waals surface area contributed by atoms with Crippen LogP contribution in [0.3, 0.4) is 0 Å². The Hall–Kier alpha value is -3.20. The van der Waals surface area contributed by atoms with E-state index in [2.05, 4.69) is 22.4 Å². The molecule has 164 valence electrons. The van der Waals surface area contributed by atoms with Crippen LogP contribution in [0.25, 0.3) is 10.2 Å². The van der Waals surface area contributed by atoms with Crippen molar-refractivity contribution in [3.63, 3.8) is 0 Å². The van der Waals surface area contributed by atoms with Gasteiger partial charge >= 0.3 is 0 Å². The Balaban J connectivity index is 1.64. The van der Waals surface area contributed by atoms with E-state index in [0.717, 1.165) is 28.8 Å². The number of rotatable bonds is 9. The number of hydrogen-bond donors (Lipinski definition) is 1. The third-order valence-corrected chi connectivity index (χ3v) is 5.93. The van der Waals surface area contributed by atoms with E-state index in [1.165, 1.54) is 28.4 Å². The molecule has 0 aliphatic carbocycles. The van der Waals surface area contributed by atoms with Gasteiger partial charge in [0, 0.05) is 4.88 Å². The molecular formula is C22H26N4O4S. The van der Waals surface area contributed by atoms with Gasteiger partial charge in [-0.15, -0.1) is 11.3 Å². The number of carbonyl (C=O) groups is 1. The second-order valence-corrected chi connectivity index (χ2v) is 8.25. The monoisotopic (exact) mass is 442 g/mol. The summed E-state index contributed by atoms with van der Waals surface area (Å²) in [4.78, 5) is 31.0. The second kappa shape index (κ2) is 10.2. The Labute approximate surface area is 184 Å². The van der Waals surface area contributed by atoms with Gasteiger partial charge in [-0.25, -0.2) is 10.4 Å². The Bertz CT molecular complexity index is 1170. The summed E-state index contributed by atoms with van der Waals surface area (Å²) in [6.45, 7) is 6.40. The molecule has 0 fully saturated rings. The van der Waals surface area contributed by atoms with Gasteiger partial charge in [-0.05, 0) is 49.6 Å². The first-order valence-electron chi connectivity index (χ1n) is 10.0. The number of carbonyl (C=O) groups excluding carboxylic acids is 1. The van der Waals surface area contributed by atoms with Crippen LogP contribution in [0, 0.1) is 13.8 Å². The molecule has 2 heterocycles. The molecule has 3 aromatic rings. The average Bonchev–Trinajstić information content (AvgIpc) is 3.05. The smallest absolute Gasteiger partial charge is 0.262 e. The lowest BCUT2D eigenvalue weighted by Gasteiger charge is -2.10. The molecule has 0 saturated carbocycles. The number of aromatic nitrogens is 2. The molecule has 0 aliphatic heterocycles. The molecule has 0 saturated heterocycles. The highest BCUT2D eigenvalue weighted by Crippen LogP contribution is 2.28. The minimum absolute atomic E-state index is 0.166. The Kier molecular flexibility index (Phi) is 7.41. The normalized spacial score (nSPS) is 11.2. The topological polar surface area (TPSA) is 94.8 Å². The van der Waals surface area contributed by atoms with Crippen LogP contribution in [-0.4, -0.2) is 35.4 Å². The maximum Gasteiger partial charge on any atom is 0.262 e. The van der Waals surface area contributed by atoms with Crippen molar-refractivity contribution in [1.29, 1.82) is 0 Å². The van der Waals surface area contributed by atoms with Crippen molar-refractivity contribution >= 4 is 33.7 Å². The molecule has 0 atom stereocenters. The maximum atomic E-state index is 12.7. The first-order valence-corrected chi connectivity index (χ1v) is 10.8. The van der Waals surface area contributed by atoms with Gasteiger partial charge in [-0.2, -0.15) is 5.10 Å². The quantitative estimate of drug-likeness (QED) is 0.311. The van der Waals surface area contributed by atoms with Gasteiger partial charge in [-0.1, -0.05) is 13.3 Å². The van der Waals surface area contributed by atoms with E-state index >= 15 is 0 Å². The fourth-order valence-electron chi connectivity index (χ4n) is 2.96. The number of hydrazone groups is 1. The van der Waals surface area contributed by atoms with E-state index in [4.69, 9.17) is 9.47 Å². The molecule has 2 aromatic heterocycles. The number of nitrogens with one attached hydrogen (secondary N) is 1. The number of amides is 1. The van der Waals surface area contributed by atoms with Crippen LogP contribution >= 0.6 is 11.3 Å². The van der Waals surface area contributed by atoms with E-state index in [1.54, 1.807) is 13.2 Å². The molecule has 1 amide bonds. The van der Waals surface area contributed by atoms with Crippen molar-refractivity contribution in [2.24, 2.45) is 5.10 Å². The third kappa shape index (κ3) is 5.29. The predicted molar refractivity (Wildman–Crippen MR) is 122 cm³/mol. The number of nitrogens with zero attached hydrogens (tertiary/aromatic N) is 3. The zero-order chi connectivity index (χ0) is 22.4. The lowest BCUT2D eigenvalue weighted by atomic mass is 10.2. The number of aryl methyl sites for hydroxylation is 2. The highest BCUT2D eigenvalue weighted by Gasteiger charge is 2.13. The van der Waals surface area contributed by atoms with Crippen molar-refractivity contribution < 1.29 is 14.3 Å². The SMILES string of the molecule is CCCCOc1ccc(C=NNC(=O)Cn2cnc3sc(C)c(C)c3c2=O)cc1OC. The fourth-order valence-corrected chi connectivity index (χ4v) is 3.95. The first-order chi connectivity index (χ1) is 14.9. The molecule has 9 heteroatoms. The highest BCUT2D eigenvalue weighted by molar-refractivity contribution is 7.18. The lowest BCUT2D eigenvalue weighted by Crippen LogP contribution is -2.30. The minimum atomic E-state index is -0.421. The molecule has 0 radical (unpaired) electrons. The summed E-state index contributed by atoms with van der Waals surface area (Å²) in [6.07, 6.45) is 4.92. The molecule has 1 aromatic carbocycles. The van der Waals surface area contributed by atoms with Gasteiger partial charge in [0.1, 0.15) is 11.4 Å². The van der Waals surface area contributed by atoms with Crippen LogP contribution in [0.1, 0.15) is 35.8 Å². The number of fused-ring (bicyclic) bond motifs is 1. The lowest BCUT2D eigenvalue weighted by molar-refractivity contribution is -0.121. The van der Waals surface area contributed by atoms with Crippen LogP contribution < -0.4 is 20.5 Å². The summed E-state index contributed by atoms with van der Waals surface area (Å²) in [5.41, 5.74) is 3.86. The van der Waals surface area contributed by atoms with E-state index in [0.29, 0.717) is 28.3 Å². The van der Waals surface area contributed by atoms with Crippen LogP contribution in [0.5, 0.6) is 11.5 Å². The molecule has 0 spiro atoms. The van der Waals surface area contributed by atoms with Crippen molar-refractivity contribution in [2.75, 3.05) is 13.7 Å². The Morgan fingerprint density at radius 1 is 1.32 bits per heavy atom. The van der Waals surface area contributed by atoms with Gasteiger partial charge in [0.05, 0.1) is 31.6 Å². The van der Waals surface area contributed by atoms with E-state index in [-0.39, 0.29) is 12.1 Å². The number of unbranched alkanes of at least 4 members (excludes halogenated alkanes) is 1.